The third-order valence-corrected chi connectivity index (χ3v) is 3.08. The van der Waals surface area contributed by atoms with E-state index in [1.807, 2.05) is 0 Å². The second kappa shape index (κ2) is 7.25. The number of hydrogen-bond donors (Lipinski definition) is 1. The van der Waals surface area contributed by atoms with Crippen molar-refractivity contribution in [1.82, 2.24) is 5.48 Å². The van der Waals surface area contributed by atoms with Crippen LogP contribution in [0.3, 0.4) is 0 Å². The van der Waals surface area contributed by atoms with Crippen molar-refractivity contribution in [3.05, 3.63) is 0 Å². The van der Waals surface area contributed by atoms with Gasteiger partial charge in [0.15, 0.2) is 0 Å². The van der Waals surface area contributed by atoms with Crippen LogP contribution in [0.4, 0.5) is 0 Å². The number of nitrogens with one attached hydrogen (secondary N) is 1. The summed E-state index contributed by atoms with van der Waals surface area (Å²) in [5.74, 6) is 0. The molecule has 0 bridgehead atoms. The highest BCUT2D eigenvalue weighted by molar-refractivity contribution is 4.75. The molecule has 0 amide bonds. The highest BCUT2D eigenvalue weighted by Gasteiger charge is 2.27. The summed E-state index contributed by atoms with van der Waals surface area (Å²) in [7, 11) is 1.79. The van der Waals surface area contributed by atoms with Crippen LogP contribution in [0.25, 0.3) is 0 Å². The average molecular weight is 231 g/mol. The second-order valence-electron chi connectivity index (χ2n) is 5.46. The summed E-state index contributed by atoms with van der Waals surface area (Å²) in [6.07, 6.45) is 3.30. The zero-order valence-corrected chi connectivity index (χ0v) is 11.9. The Morgan fingerprint density at radius 3 is 2.12 bits per heavy atom. The molecule has 0 spiro atoms. The maximum absolute atomic E-state index is 6.02. The molecule has 0 aromatic rings. The first-order valence-electron chi connectivity index (χ1n) is 6.31. The summed E-state index contributed by atoms with van der Waals surface area (Å²) >= 11 is 0. The molecule has 0 radical (unpaired) electrons. The Bertz CT molecular complexity index is 183. The molecule has 0 aliphatic carbocycles. The third-order valence-electron chi connectivity index (χ3n) is 3.08. The van der Waals surface area contributed by atoms with Gasteiger partial charge in [0.2, 0.25) is 0 Å². The fraction of sp³-hybridized carbons (Fsp3) is 1.00. The van der Waals surface area contributed by atoms with Crippen molar-refractivity contribution in [1.29, 1.82) is 0 Å². The van der Waals surface area contributed by atoms with E-state index < -0.39 is 0 Å². The third kappa shape index (κ3) is 6.46. The molecule has 1 atom stereocenters. The molecular formula is C13H29NO2. The topological polar surface area (TPSA) is 30.5 Å². The van der Waals surface area contributed by atoms with Crippen LogP contribution < -0.4 is 5.48 Å². The first-order chi connectivity index (χ1) is 7.39. The quantitative estimate of drug-likeness (QED) is 0.618. The van der Waals surface area contributed by atoms with E-state index in [1.54, 1.807) is 7.05 Å². The molecule has 0 aliphatic rings. The largest absolute Gasteiger partial charge is 0.375 e. The van der Waals surface area contributed by atoms with E-state index in [-0.39, 0.29) is 11.0 Å². The zero-order chi connectivity index (χ0) is 12.7. The molecule has 16 heavy (non-hydrogen) atoms. The van der Waals surface area contributed by atoms with Crippen molar-refractivity contribution in [2.24, 2.45) is 5.41 Å². The van der Waals surface area contributed by atoms with Crippen molar-refractivity contribution >= 4 is 0 Å². The van der Waals surface area contributed by atoms with E-state index >= 15 is 0 Å². The molecule has 0 aromatic heterocycles. The van der Waals surface area contributed by atoms with Gasteiger partial charge in [0.05, 0.1) is 18.8 Å². The van der Waals surface area contributed by atoms with E-state index in [1.165, 1.54) is 0 Å². The molecule has 0 saturated heterocycles. The molecule has 0 fully saturated rings. The molecule has 0 aromatic carbocycles. The fourth-order valence-electron chi connectivity index (χ4n) is 1.54. The van der Waals surface area contributed by atoms with Crippen LogP contribution in [0, 0.1) is 5.41 Å². The standard InChI is InChI=1S/C13H29NO2/c1-7-9-12(3,4)15-10-13(5,8-2)11-16-14-6/h14H,7-11H2,1-6H3. The lowest BCUT2D eigenvalue weighted by molar-refractivity contribution is -0.0969. The average Bonchev–Trinajstić information content (AvgIpc) is 2.24. The summed E-state index contributed by atoms with van der Waals surface area (Å²) in [6, 6.07) is 0. The number of hydroxylamine groups is 1. The van der Waals surface area contributed by atoms with Crippen LogP contribution in [0.1, 0.15) is 53.9 Å². The number of hydrogen-bond acceptors (Lipinski definition) is 3. The first kappa shape index (κ1) is 15.9. The minimum Gasteiger partial charge on any atom is -0.375 e. The van der Waals surface area contributed by atoms with Gasteiger partial charge in [-0.1, -0.05) is 27.2 Å². The van der Waals surface area contributed by atoms with Gasteiger partial charge in [0.1, 0.15) is 0 Å². The van der Waals surface area contributed by atoms with E-state index in [0.717, 1.165) is 25.9 Å². The van der Waals surface area contributed by atoms with E-state index in [0.29, 0.717) is 6.61 Å². The van der Waals surface area contributed by atoms with Gasteiger partial charge in [-0.2, -0.15) is 0 Å². The summed E-state index contributed by atoms with van der Waals surface area (Å²) in [5.41, 5.74) is 2.79. The van der Waals surface area contributed by atoms with Gasteiger partial charge in [-0.15, -0.1) is 0 Å². The Hall–Kier alpha value is -0.120. The normalized spacial score (nSPS) is 16.1. The lowest BCUT2D eigenvalue weighted by atomic mass is 9.89. The van der Waals surface area contributed by atoms with Gasteiger partial charge in [-0.3, -0.25) is 0 Å². The van der Waals surface area contributed by atoms with Crippen molar-refractivity contribution in [2.45, 2.75) is 59.5 Å². The molecule has 3 nitrogen and oxygen atoms in total. The molecule has 0 saturated carbocycles. The van der Waals surface area contributed by atoms with E-state index in [9.17, 15) is 0 Å². The Kier molecular flexibility index (Phi) is 7.20. The first-order valence-corrected chi connectivity index (χ1v) is 6.31. The number of ether oxygens (including phenoxy) is 1. The van der Waals surface area contributed by atoms with Crippen LogP contribution in [-0.4, -0.2) is 25.9 Å². The zero-order valence-electron chi connectivity index (χ0n) is 11.9. The Labute approximate surface area is 101 Å². The van der Waals surface area contributed by atoms with Gasteiger partial charge < -0.3 is 9.57 Å². The van der Waals surface area contributed by atoms with Crippen LogP contribution in [0.5, 0.6) is 0 Å². The van der Waals surface area contributed by atoms with Crippen molar-refractivity contribution in [3.8, 4) is 0 Å². The van der Waals surface area contributed by atoms with E-state index in [4.69, 9.17) is 9.57 Å². The van der Waals surface area contributed by atoms with Gasteiger partial charge in [0, 0.05) is 12.5 Å². The SMILES string of the molecule is CCCC(C)(C)OCC(C)(CC)CONC. The molecular weight excluding hydrogens is 202 g/mol. The predicted molar refractivity (Wildman–Crippen MR) is 68.3 cm³/mol. The molecule has 0 heterocycles. The van der Waals surface area contributed by atoms with Crippen molar-refractivity contribution < 1.29 is 9.57 Å². The smallest absolute Gasteiger partial charge is 0.0757 e. The van der Waals surface area contributed by atoms with Crippen LogP contribution >= 0.6 is 0 Å². The van der Waals surface area contributed by atoms with Crippen LogP contribution in [0.15, 0.2) is 0 Å². The van der Waals surface area contributed by atoms with Gasteiger partial charge in [-0.05, 0) is 26.7 Å². The summed E-state index contributed by atoms with van der Waals surface area (Å²) in [5, 5.41) is 0. The molecule has 98 valence electrons. The van der Waals surface area contributed by atoms with Gasteiger partial charge in [-0.25, -0.2) is 5.48 Å². The minimum atomic E-state index is -0.0230. The Balaban J connectivity index is 4.11. The predicted octanol–water partition coefficient (Wildman–Crippen LogP) is 3.15. The van der Waals surface area contributed by atoms with Crippen LogP contribution in [-0.2, 0) is 9.57 Å². The maximum Gasteiger partial charge on any atom is 0.0757 e. The lowest BCUT2D eigenvalue weighted by Gasteiger charge is -2.33. The summed E-state index contributed by atoms with van der Waals surface area (Å²) < 4.78 is 6.02. The number of rotatable bonds is 9. The molecule has 1 N–H and O–H groups in total. The Morgan fingerprint density at radius 2 is 1.69 bits per heavy atom. The maximum atomic E-state index is 6.02. The Morgan fingerprint density at radius 1 is 1.06 bits per heavy atom. The molecule has 0 rings (SSSR count). The monoisotopic (exact) mass is 231 g/mol. The summed E-state index contributed by atoms with van der Waals surface area (Å²) in [4.78, 5) is 5.28. The fourth-order valence-corrected chi connectivity index (χ4v) is 1.54. The lowest BCUT2D eigenvalue weighted by Crippen LogP contribution is -2.35. The van der Waals surface area contributed by atoms with Crippen molar-refractivity contribution in [2.75, 3.05) is 20.3 Å². The van der Waals surface area contributed by atoms with Gasteiger partial charge >= 0.3 is 0 Å². The van der Waals surface area contributed by atoms with Crippen LogP contribution in [0.2, 0.25) is 0 Å². The summed E-state index contributed by atoms with van der Waals surface area (Å²) in [6.45, 7) is 12.3. The molecule has 3 heteroatoms. The van der Waals surface area contributed by atoms with Crippen molar-refractivity contribution in [3.63, 3.8) is 0 Å². The van der Waals surface area contributed by atoms with Gasteiger partial charge in [0.25, 0.3) is 0 Å². The second-order valence-corrected chi connectivity index (χ2v) is 5.46. The minimum absolute atomic E-state index is 0.0230. The molecule has 0 aliphatic heterocycles. The highest BCUT2D eigenvalue weighted by atomic mass is 16.6. The molecule has 1 unspecified atom stereocenters. The highest BCUT2D eigenvalue weighted by Crippen LogP contribution is 2.26. The van der Waals surface area contributed by atoms with E-state index in [2.05, 4.69) is 40.1 Å².